The van der Waals surface area contributed by atoms with Crippen molar-refractivity contribution in [2.24, 2.45) is 0 Å². The molecule has 0 spiro atoms. The van der Waals surface area contributed by atoms with Crippen LogP contribution in [0.3, 0.4) is 0 Å². The fraction of sp³-hybridized carbons (Fsp3) is 0.0909. The summed E-state index contributed by atoms with van der Waals surface area (Å²) in [6.07, 6.45) is 0. The van der Waals surface area contributed by atoms with Crippen molar-refractivity contribution in [3.8, 4) is 0 Å². The largest absolute Gasteiger partial charge is 0.604 e. The Morgan fingerprint density at radius 2 is 1.81 bits per heavy atom. The Kier molecular flexibility index (Phi) is 2.82. The summed E-state index contributed by atoms with van der Waals surface area (Å²) < 4.78 is 48.3. The van der Waals surface area contributed by atoms with E-state index in [9.17, 15) is 17.7 Å². The van der Waals surface area contributed by atoms with Crippen molar-refractivity contribution in [2.75, 3.05) is 0 Å². The summed E-state index contributed by atoms with van der Waals surface area (Å²) in [6, 6.07) is 11.8. The molecule has 0 N–H and O–H groups in total. The molecule has 0 fully saturated rings. The van der Waals surface area contributed by atoms with Gasteiger partial charge in [0.25, 0.3) is 0 Å². The normalized spacial score (nSPS) is 14.0. The van der Waals surface area contributed by atoms with E-state index in [1.165, 1.54) is 18.2 Å². The predicted molar refractivity (Wildman–Crippen MR) is 55.2 cm³/mol. The Morgan fingerprint density at radius 3 is 2.50 bits per heavy atom. The number of hydrogen-bond acceptors (Lipinski definition) is 1. The molecule has 0 aromatic heterocycles. The Morgan fingerprint density at radius 1 is 1.12 bits per heavy atom. The first kappa shape index (κ1) is 11.3. The molecule has 2 aromatic rings. The van der Waals surface area contributed by atoms with Crippen LogP contribution in [-0.4, -0.2) is 10.1 Å². The maximum absolute atomic E-state index is 12.4. The first-order chi connectivity index (χ1) is 7.50. The van der Waals surface area contributed by atoms with Gasteiger partial charge in [-0.05, 0) is 29.7 Å². The lowest BCUT2D eigenvalue weighted by Gasteiger charge is -2.13. The molecule has 1 unspecified atom stereocenters. The quantitative estimate of drug-likeness (QED) is 0.705. The fourth-order valence-corrected chi connectivity index (χ4v) is 2.23. The van der Waals surface area contributed by atoms with E-state index >= 15 is 0 Å². The van der Waals surface area contributed by atoms with Gasteiger partial charge in [0.15, 0.2) is 4.90 Å². The zero-order valence-corrected chi connectivity index (χ0v) is 8.73. The smallest absolute Gasteiger partial charge is 0.578 e. The lowest BCUT2D eigenvalue weighted by Crippen LogP contribution is -2.23. The molecule has 0 aliphatic rings. The Bertz CT molecular complexity index is 505. The Hall–Kier alpha value is -1.20. The topological polar surface area (TPSA) is 23.1 Å². The third-order valence-electron chi connectivity index (χ3n) is 2.08. The van der Waals surface area contributed by atoms with Gasteiger partial charge in [0, 0.05) is 5.39 Å². The molecule has 83 valence electrons. The fourth-order valence-electron chi connectivity index (χ4n) is 1.41. The van der Waals surface area contributed by atoms with Crippen LogP contribution in [0.2, 0.25) is 0 Å². The van der Waals surface area contributed by atoms with E-state index in [-0.39, 0.29) is 4.90 Å². The van der Waals surface area contributed by atoms with E-state index in [0.29, 0.717) is 10.8 Å². The van der Waals surface area contributed by atoms with Crippen LogP contribution in [0.15, 0.2) is 41.3 Å². The number of fused-ring (bicyclic) bond motifs is 1. The van der Waals surface area contributed by atoms with E-state index in [0.717, 1.165) is 0 Å². The first-order valence-electron chi connectivity index (χ1n) is 4.38. The van der Waals surface area contributed by atoms with Crippen molar-refractivity contribution >= 4 is 21.9 Å². The summed E-state index contributed by atoms with van der Waals surface area (Å²) >= 11 is -3.00. The van der Waals surface area contributed by atoms with Gasteiger partial charge in [0.05, 0.1) is 11.2 Å². The molecule has 1 nitrogen and oxygen atoms in total. The first-order valence-corrected chi connectivity index (χ1v) is 5.53. The molecule has 2 rings (SSSR count). The molecular weight excluding hydrogens is 237 g/mol. The molecule has 0 amide bonds. The lowest BCUT2D eigenvalue weighted by molar-refractivity contribution is -0.0434. The molecule has 0 bridgehead atoms. The Balaban J connectivity index is 2.61. The van der Waals surface area contributed by atoms with Gasteiger partial charge in [-0.25, -0.2) is 0 Å². The molecule has 1 atom stereocenters. The monoisotopic (exact) mass is 243 g/mol. The summed E-state index contributed by atoms with van der Waals surface area (Å²) in [5.41, 5.74) is -4.73. The van der Waals surface area contributed by atoms with Crippen LogP contribution in [-0.2, 0) is 11.2 Å². The van der Waals surface area contributed by atoms with Crippen molar-refractivity contribution in [3.05, 3.63) is 42.5 Å². The highest BCUT2D eigenvalue weighted by Gasteiger charge is 2.46. The van der Waals surface area contributed by atoms with E-state index in [1.54, 1.807) is 18.2 Å². The van der Waals surface area contributed by atoms with Crippen molar-refractivity contribution < 1.29 is 17.7 Å². The van der Waals surface area contributed by atoms with E-state index < -0.39 is 16.7 Å². The molecule has 0 aliphatic heterocycles. The highest BCUT2D eigenvalue weighted by atomic mass is 32.2. The summed E-state index contributed by atoms with van der Waals surface area (Å²) in [5, 5.41) is 0.846. The zero-order valence-electron chi connectivity index (χ0n) is 7.91. The third kappa shape index (κ3) is 2.01. The van der Waals surface area contributed by atoms with Crippen LogP contribution >= 0.6 is 0 Å². The second kappa shape index (κ2) is 3.99. The number of halogens is 3. The summed E-state index contributed by atoms with van der Waals surface area (Å²) in [7, 11) is 0. The number of hydrogen-bond donors (Lipinski definition) is 0. The van der Waals surface area contributed by atoms with Crippen molar-refractivity contribution in [1.82, 2.24) is 0 Å². The molecule has 0 saturated carbocycles. The molecule has 5 heteroatoms. The number of rotatable bonds is 1. The minimum Gasteiger partial charge on any atom is -0.604 e. The van der Waals surface area contributed by atoms with Crippen LogP contribution < -0.4 is 0 Å². The predicted octanol–water partition coefficient (Wildman–Crippen LogP) is 3.27. The van der Waals surface area contributed by atoms with Gasteiger partial charge in [0.1, 0.15) is 0 Å². The van der Waals surface area contributed by atoms with Gasteiger partial charge < -0.3 is 4.55 Å². The Labute approximate surface area is 93.1 Å². The van der Waals surface area contributed by atoms with E-state index in [2.05, 4.69) is 6.07 Å². The van der Waals surface area contributed by atoms with Crippen LogP contribution in [0.5, 0.6) is 0 Å². The highest BCUT2D eigenvalue weighted by molar-refractivity contribution is 7.92. The molecule has 0 aliphatic carbocycles. The second-order valence-electron chi connectivity index (χ2n) is 3.10. The van der Waals surface area contributed by atoms with Crippen LogP contribution in [0, 0.1) is 6.07 Å². The van der Waals surface area contributed by atoms with Gasteiger partial charge in [-0.1, -0.05) is 18.2 Å². The molecule has 1 radical (unpaired) electrons. The van der Waals surface area contributed by atoms with Gasteiger partial charge >= 0.3 is 5.51 Å². The van der Waals surface area contributed by atoms with Gasteiger partial charge in [0.2, 0.25) is 0 Å². The van der Waals surface area contributed by atoms with Crippen LogP contribution in [0.4, 0.5) is 13.2 Å². The molecular formula is C11H6F3OS. The molecule has 0 saturated heterocycles. The summed E-state index contributed by atoms with van der Waals surface area (Å²) in [4.78, 5) is -0.221. The minimum atomic E-state index is -4.73. The van der Waals surface area contributed by atoms with Crippen molar-refractivity contribution in [3.63, 3.8) is 0 Å². The molecule has 16 heavy (non-hydrogen) atoms. The van der Waals surface area contributed by atoms with Crippen LogP contribution in [0.25, 0.3) is 10.8 Å². The average molecular weight is 243 g/mol. The average Bonchev–Trinajstić information content (AvgIpc) is 2.26. The standard InChI is InChI=1S/C11H6F3OS/c12-11(13,14)16(15)10-7-3-5-8-4-1-2-6-9(8)10/h1-4,6-7H. The van der Waals surface area contributed by atoms with E-state index in [4.69, 9.17) is 0 Å². The maximum atomic E-state index is 12.4. The number of benzene rings is 2. The van der Waals surface area contributed by atoms with Gasteiger partial charge in [-0.2, -0.15) is 0 Å². The molecule has 2 aromatic carbocycles. The molecule has 0 heterocycles. The number of alkyl halides is 3. The third-order valence-corrected chi connectivity index (χ3v) is 3.25. The minimum absolute atomic E-state index is 0.221. The maximum Gasteiger partial charge on any atom is 0.578 e. The highest BCUT2D eigenvalue weighted by Crippen LogP contribution is 2.33. The van der Waals surface area contributed by atoms with Gasteiger partial charge in [-0.15, -0.1) is 13.2 Å². The van der Waals surface area contributed by atoms with E-state index in [1.807, 2.05) is 0 Å². The van der Waals surface area contributed by atoms with Crippen LogP contribution in [0.1, 0.15) is 0 Å². The SMILES string of the molecule is [O-][S+](c1cc[c]c2ccccc12)C(F)(F)F. The van der Waals surface area contributed by atoms with Crippen molar-refractivity contribution in [1.29, 1.82) is 0 Å². The van der Waals surface area contributed by atoms with Gasteiger partial charge in [-0.3, -0.25) is 0 Å². The second-order valence-corrected chi connectivity index (χ2v) is 4.54. The summed E-state index contributed by atoms with van der Waals surface area (Å²) in [5.74, 6) is 0. The lowest BCUT2D eigenvalue weighted by atomic mass is 10.1. The van der Waals surface area contributed by atoms with Crippen molar-refractivity contribution in [2.45, 2.75) is 10.4 Å². The summed E-state index contributed by atoms with van der Waals surface area (Å²) in [6.45, 7) is 0. The zero-order chi connectivity index (χ0) is 11.8.